The van der Waals surface area contributed by atoms with Gasteiger partial charge < -0.3 is 5.32 Å². The summed E-state index contributed by atoms with van der Waals surface area (Å²) < 4.78 is 15.9. The molecule has 1 unspecified atom stereocenters. The van der Waals surface area contributed by atoms with Crippen molar-refractivity contribution in [1.82, 2.24) is 15.1 Å². The second-order valence-electron chi connectivity index (χ2n) is 5.32. The molecule has 1 aromatic heterocycles. The van der Waals surface area contributed by atoms with Crippen molar-refractivity contribution in [3.8, 4) is 0 Å². The molecular weight excluding hydrogens is 289 g/mol. The quantitative estimate of drug-likeness (QED) is 0.912. The third kappa shape index (κ3) is 3.44. The highest BCUT2D eigenvalue weighted by atomic mass is 35.5. The molecule has 0 aliphatic heterocycles. The van der Waals surface area contributed by atoms with Crippen molar-refractivity contribution in [3.63, 3.8) is 0 Å². The predicted octanol–water partition coefficient (Wildman–Crippen LogP) is 3.72. The molecule has 1 N–H and O–H groups in total. The molecule has 1 atom stereocenters. The molecule has 3 nitrogen and oxygen atoms in total. The van der Waals surface area contributed by atoms with E-state index in [-0.39, 0.29) is 11.9 Å². The molecule has 0 saturated heterocycles. The Morgan fingerprint density at radius 2 is 2.10 bits per heavy atom. The van der Waals surface area contributed by atoms with Gasteiger partial charge in [-0.3, -0.25) is 4.68 Å². The van der Waals surface area contributed by atoms with E-state index in [1.54, 1.807) is 10.7 Å². The summed E-state index contributed by atoms with van der Waals surface area (Å²) in [6.45, 7) is 6.58. The summed E-state index contributed by atoms with van der Waals surface area (Å²) in [6.07, 6.45) is 0.617. The minimum absolute atomic E-state index is 0.115. The van der Waals surface area contributed by atoms with Crippen molar-refractivity contribution >= 4 is 11.6 Å². The Bertz CT molecular complexity index is 637. The van der Waals surface area contributed by atoms with Crippen molar-refractivity contribution in [2.45, 2.75) is 33.2 Å². The Kier molecular flexibility index (Phi) is 5.01. The zero-order valence-electron chi connectivity index (χ0n) is 12.9. The van der Waals surface area contributed by atoms with Crippen molar-refractivity contribution in [1.29, 1.82) is 0 Å². The number of nitrogens with one attached hydrogen (secondary N) is 1. The molecule has 0 bridgehead atoms. The SMILES string of the molecule is CCNC(Cc1c(C)nn(C)c1Cl)c1ccc(C)cc1F. The van der Waals surface area contributed by atoms with E-state index in [0.29, 0.717) is 17.1 Å². The summed E-state index contributed by atoms with van der Waals surface area (Å²) in [7, 11) is 1.81. The number of halogens is 2. The molecular formula is C16H21ClFN3. The summed E-state index contributed by atoms with van der Waals surface area (Å²) in [5.41, 5.74) is 3.44. The average molecular weight is 310 g/mol. The molecule has 1 heterocycles. The highest BCUT2D eigenvalue weighted by molar-refractivity contribution is 6.30. The second kappa shape index (κ2) is 6.58. The van der Waals surface area contributed by atoms with Gasteiger partial charge >= 0.3 is 0 Å². The summed E-state index contributed by atoms with van der Waals surface area (Å²) in [6, 6.07) is 5.23. The van der Waals surface area contributed by atoms with Crippen LogP contribution < -0.4 is 5.32 Å². The lowest BCUT2D eigenvalue weighted by atomic mass is 9.97. The van der Waals surface area contributed by atoms with Gasteiger partial charge in [-0.15, -0.1) is 0 Å². The van der Waals surface area contributed by atoms with E-state index in [9.17, 15) is 4.39 Å². The van der Waals surface area contributed by atoms with E-state index in [4.69, 9.17) is 11.6 Å². The van der Waals surface area contributed by atoms with Crippen molar-refractivity contribution in [2.24, 2.45) is 7.05 Å². The van der Waals surface area contributed by atoms with E-state index in [2.05, 4.69) is 10.4 Å². The molecule has 5 heteroatoms. The first-order valence-corrected chi connectivity index (χ1v) is 7.49. The van der Waals surface area contributed by atoms with Crippen LogP contribution >= 0.6 is 11.6 Å². The highest BCUT2D eigenvalue weighted by Gasteiger charge is 2.20. The van der Waals surface area contributed by atoms with E-state index in [1.807, 2.05) is 40.0 Å². The Morgan fingerprint density at radius 3 is 2.62 bits per heavy atom. The third-order valence-corrected chi connectivity index (χ3v) is 4.13. The van der Waals surface area contributed by atoms with Gasteiger partial charge in [-0.05, 0) is 38.4 Å². The number of hydrogen-bond acceptors (Lipinski definition) is 2. The van der Waals surface area contributed by atoms with Crippen LogP contribution in [0, 0.1) is 19.7 Å². The van der Waals surface area contributed by atoms with Crippen LogP contribution in [0.4, 0.5) is 4.39 Å². The van der Waals surface area contributed by atoms with Crippen LogP contribution in [0.15, 0.2) is 18.2 Å². The molecule has 0 saturated carbocycles. The number of aryl methyl sites for hydroxylation is 3. The van der Waals surface area contributed by atoms with E-state index in [0.717, 1.165) is 23.4 Å². The summed E-state index contributed by atoms with van der Waals surface area (Å²) >= 11 is 6.29. The van der Waals surface area contributed by atoms with E-state index in [1.165, 1.54) is 0 Å². The van der Waals surface area contributed by atoms with Crippen LogP contribution in [0.25, 0.3) is 0 Å². The number of nitrogens with zero attached hydrogens (tertiary/aromatic N) is 2. The second-order valence-corrected chi connectivity index (χ2v) is 5.68. The van der Waals surface area contributed by atoms with Gasteiger partial charge in [-0.25, -0.2) is 4.39 Å². The zero-order chi connectivity index (χ0) is 15.6. The minimum atomic E-state index is -0.182. The van der Waals surface area contributed by atoms with E-state index >= 15 is 0 Å². The summed E-state index contributed by atoms with van der Waals surface area (Å²) in [5, 5.41) is 8.27. The Labute approximate surface area is 130 Å². The minimum Gasteiger partial charge on any atom is -0.310 e. The first-order valence-electron chi connectivity index (χ1n) is 7.11. The van der Waals surface area contributed by atoms with Gasteiger partial charge in [0.05, 0.1) is 5.69 Å². The smallest absolute Gasteiger partial charge is 0.130 e. The molecule has 0 radical (unpaired) electrons. The largest absolute Gasteiger partial charge is 0.310 e. The third-order valence-electron chi connectivity index (χ3n) is 3.66. The number of aromatic nitrogens is 2. The highest BCUT2D eigenvalue weighted by Crippen LogP contribution is 2.27. The molecule has 2 aromatic rings. The van der Waals surface area contributed by atoms with Gasteiger partial charge in [0.1, 0.15) is 11.0 Å². The van der Waals surface area contributed by atoms with Crippen LogP contribution in [0.1, 0.15) is 35.3 Å². The lowest BCUT2D eigenvalue weighted by Gasteiger charge is -2.19. The zero-order valence-corrected chi connectivity index (χ0v) is 13.6. The summed E-state index contributed by atoms with van der Waals surface area (Å²) in [5.74, 6) is -0.182. The van der Waals surface area contributed by atoms with E-state index < -0.39 is 0 Å². The molecule has 0 aliphatic rings. The van der Waals surface area contributed by atoms with Gasteiger partial charge in [0.15, 0.2) is 0 Å². The van der Waals surface area contributed by atoms with Crippen molar-refractivity contribution in [3.05, 3.63) is 51.6 Å². The maximum Gasteiger partial charge on any atom is 0.130 e. The molecule has 0 spiro atoms. The lowest BCUT2D eigenvalue weighted by molar-refractivity contribution is 0.509. The Hall–Kier alpha value is -1.39. The number of rotatable bonds is 5. The van der Waals surface area contributed by atoms with Gasteiger partial charge in [0.2, 0.25) is 0 Å². The molecule has 0 fully saturated rings. The molecule has 114 valence electrons. The van der Waals surface area contributed by atoms with Gasteiger partial charge in [0.25, 0.3) is 0 Å². The maximum absolute atomic E-state index is 14.2. The van der Waals surface area contributed by atoms with Gasteiger partial charge in [-0.1, -0.05) is 30.7 Å². The van der Waals surface area contributed by atoms with Crippen molar-refractivity contribution in [2.75, 3.05) is 6.54 Å². The molecule has 21 heavy (non-hydrogen) atoms. The average Bonchev–Trinajstić information content (AvgIpc) is 2.65. The topological polar surface area (TPSA) is 29.9 Å². The Balaban J connectivity index is 2.35. The van der Waals surface area contributed by atoms with Crippen LogP contribution in [0.5, 0.6) is 0 Å². The first-order chi connectivity index (χ1) is 9.93. The maximum atomic E-state index is 14.2. The fraction of sp³-hybridized carbons (Fsp3) is 0.438. The molecule has 2 rings (SSSR count). The van der Waals surface area contributed by atoms with Crippen LogP contribution in [0.3, 0.4) is 0 Å². The van der Waals surface area contributed by atoms with Gasteiger partial charge in [-0.2, -0.15) is 5.10 Å². The number of likely N-dealkylation sites (N-methyl/N-ethyl adjacent to an activating group) is 1. The predicted molar refractivity (Wildman–Crippen MR) is 84.2 cm³/mol. The molecule has 1 aromatic carbocycles. The molecule has 0 amide bonds. The molecule has 0 aliphatic carbocycles. The van der Waals surface area contributed by atoms with Crippen molar-refractivity contribution < 1.29 is 4.39 Å². The van der Waals surface area contributed by atoms with Gasteiger partial charge in [0, 0.05) is 24.2 Å². The number of hydrogen-bond donors (Lipinski definition) is 1. The fourth-order valence-corrected chi connectivity index (χ4v) is 2.81. The number of benzene rings is 1. The fourth-order valence-electron chi connectivity index (χ4n) is 2.56. The Morgan fingerprint density at radius 1 is 1.38 bits per heavy atom. The normalized spacial score (nSPS) is 12.7. The first kappa shape index (κ1) is 16.0. The van der Waals surface area contributed by atoms with Crippen LogP contribution in [-0.2, 0) is 13.5 Å². The standard InChI is InChI=1S/C16H21ClFN3/c1-5-19-15(12-7-6-10(2)8-14(12)18)9-13-11(3)20-21(4)16(13)17/h6-8,15,19H,5,9H2,1-4H3. The van der Waals surface area contributed by atoms with Crippen LogP contribution in [0.2, 0.25) is 5.15 Å². The monoisotopic (exact) mass is 309 g/mol. The summed E-state index contributed by atoms with van der Waals surface area (Å²) in [4.78, 5) is 0. The van der Waals surface area contributed by atoms with Crippen LogP contribution in [-0.4, -0.2) is 16.3 Å². The lowest BCUT2D eigenvalue weighted by Crippen LogP contribution is -2.24.